The Labute approximate surface area is 132 Å². The third-order valence-electron chi connectivity index (χ3n) is 3.61. The zero-order valence-electron chi connectivity index (χ0n) is 12.5. The number of fused-ring (bicyclic) bond motifs is 1. The van der Waals surface area contributed by atoms with Crippen LogP contribution in [0.1, 0.15) is 5.56 Å². The number of rotatable bonds is 4. The lowest BCUT2D eigenvalue weighted by Gasteiger charge is -2.18. The van der Waals surface area contributed by atoms with Crippen molar-refractivity contribution in [2.45, 2.75) is 6.54 Å². The van der Waals surface area contributed by atoms with Crippen LogP contribution in [-0.2, 0) is 6.54 Å². The zero-order valence-corrected chi connectivity index (χ0v) is 12.5. The normalized spacial score (nSPS) is 10.7. The van der Waals surface area contributed by atoms with Gasteiger partial charge in [0, 0.05) is 13.6 Å². The summed E-state index contributed by atoms with van der Waals surface area (Å²) in [6.45, 7) is 0.568. The van der Waals surface area contributed by atoms with Crippen LogP contribution in [0.5, 0.6) is 0 Å². The van der Waals surface area contributed by atoms with E-state index in [1.165, 1.54) is 0 Å². The SMILES string of the molecule is CN(Cc1cccc2ccccc12)c1ncc([N+](=O)[O-])c(N)n1. The Morgan fingerprint density at radius 3 is 2.70 bits per heavy atom. The molecule has 3 rings (SSSR count). The molecule has 2 aromatic carbocycles. The van der Waals surface area contributed by atoms with Crippen LogP contribution in [0, 0.1) is 10.1 Å². The third-order valence-corrected chi connectivity index (χ3v) is 3.61. The van der Waals surface area contributed by atoms with E-state index in [1.807, 2.05) is 36.2 Å². The number of benzene rings is 2. The number of aromatic nitrogens is 2. The third kappa shape index (κ3) is 2.89. The van der Waals surface area contributed by atoms with Crippen molar-refractivity contribution in [1.29, 1.82) is 0 Å². The second-order valence-corrected chi connectivity index (χ2v) is 5.19. The molecule has 0 aliphatic heterocycles. The van der Waals surface area contributed by atoms with Gasteiger partial charge in [-0.15, -0.1) is 0 Å². The summed E-state index contributed by atoms with van der Waals surface area (Å²) in [7, 11) is 1.82. The molecule has 0 fully saturated rings. The highest BCUT2D eigenvalue weighted by Crippen LogP contribution is 2.23. The second kappa shape index (κ2) is 5.88. The molecule has 0 saturated heterocycles. The number of hydrogen-bond acceptors (Lipinski definition) is 6. The Bertz CT molecular complexity index is 876. The lowest BCUT2D eigenvalue weighted by molar-refractivity contribution is -0.384. The van der Waals surface area contributed by atoms with E-state index in [-0.39, 0.29) is 11.5 Å². The Balaban J connectivity index is 1.90. The summed E-state index contributed by atoms with van der Waals surface area (Å²) in [5.41, 5.74) is 6.46. The number of nitrogens with two attached hydrogens (primary N) is 1. The highest BCUT2D eigenvalue weighted by atomic mass is 16.6. The first-order valence-corrected chi connectivity index (χ1v) is 7.01. The Morgan fingerprint density at radius 1 is 1.22 bits per heavy atom. The molecule has 7 nitrogen and oxygen atoms in total. The molecule has 0 amide bonds. The van der Waals surface area contributed by atoms with E-state index in [2.05, 4.69) is 28.2 Å². The van der Waals surface area contributed by atoms with E-state index in [4.69, 9.17) is 5.73 Å². The minimum Gasteiger partial charge on any atom is -0.378 e. The van der Waals surface area contributed by atoms with Gasteiger partial charge in [-0.05, 0) is 16.3 Å². The van der Waals surface area contributed by atoms with Crippen LogP contribution in [-0.4, -0.2) is 21.9 Å². The molecule has 23 heavy (non-hydrogen) atoms. The van der Waals surface area contributed by atoms with Crippen molar-refractivity contribution in [1.82, 2.24) is 9.97 Å². The average Bonchev–Trinajstić information content (AvgIpc) is 2.54. The summed E-state index contributed by atoms with van der Waals surface area (Å²) < 4.78 is 0. The van der Waals surface area contributed by atoms with Crippen LogP contribution in [0.2, 0.25) is 0 Å². The van der Waals surface area contributed by atoms with Gasteiger partial charge in [0.05, 0.1) is 4.92 Å². The maximum absolute atomic E-state index is 10.8. The van der Waals surface area contributed by atoms with E-state index in [0.29, 0.717) is 12.5 Å². The van der Waals surface area contributed by atoms with Crippen molar-refractivity contribution < 1.29 is 4.92 Å². The molecule has 1 heterocycles. The van der Waals surface area contributed by atoms with Gasteiger partial charge in [0.15, 0.2) is 0 Å². The fourth-order valence-corrected chi connectivity index (χ4v) is 2.46. The van der Waals surface area contributed by atoms with Gasteiger partial charge in [-0.2, -0.15) is 4.98 Å². The topological polar surface area (TPSA) is 98.2 Å². The van der Waals surface area contributed by atoms with Crippen LogP contribution in [0.4, 0.5) is 17.5 Å². The predicted molar refractivity (Wildman–Crippen MR) is 89.2 cm³/mol. The molecule has 0 radical (unpaired) electrons. The van der Waals surface area contributed by atoms with Gasteiger partial charge in [-0.25, -0.2) is 4.98 Å². The molecule has 0 spiro atoms. The number of anilines is 2. The number of nitro groups is 1. The Kier molecular flexibility index (Phi) is 3.76. The van der Waals surface area contributed by atoms with Gasteiger partial charge in [-0.1, -0.05) is 42.5 Å². The molecule has 0 saturated carbocycles. The molecule has 3 aromatic rings. The minimum atomic E-state index is -0.593. The summed E-state index contributed by atoms with van der Waals surface area (Å²) in [6.07, 6.45) is 1.14. The highest BCUT2D eigenvalue weighted by Gasteiger charge is 2.16. The van der Waals surface area contributed by atoms with Crippen molar-refractivity contribution in [3.8, 4) is 0 Å². The van der Waals surface area contributed by atoms with Gasteiger partial charge >= 0.3 is 5.69 Å². The number of nitrogens with zero attached hydrogens (tertiary/aromatic N) is 4. The van der Waals surface area contributed by atoms with Crippen molar-refractivity contribution >= 4 is 28.2 Å². The minimum absolute atomic E-state index is 0.134. The maximum Gasteiger partial charge on any atom is 0.329 e. The molecule has 0 aliphatic rings. The molecule has 0 aliphatic carbocycles. The molecule has 2 N–H and O–H groups in total. The summed E-state index contributed by atoms with van der Waals surface area (Å²) in [6, 6.07) is 14.2. The van der Waals surface area contributed by atoms with Crippen LogP contribution in [0.25, 0.3) is 10.8 Å². The Morgan fingerprint density at radius 2 is 1.96 bits per heavy atom. The van der Waals surface area contributed by atoms with Crippen molar-refractivity contribution in [3.63, 3.8) is 0 Å². The molecule has 0 unspecified atom stereocenters. The average molecular weight is 309 g/mol. The summed E-state index contributed by atoms with van der Waals surface area (Å²) >= 11 is 0. The van der Waals surface area contributed by atoms with E-state index in [0.717, 1.165) is 22.5 Å². The second-order valence-electron chi connectivity index (χ2n) is 5.19. The van der Waals surface area contributed by atoms with Crippen LogP contribution in [0.15, 0.2) is 48.7 Å². The quantitative estimate of drug-likeness (QED) is 0.587. The highest BCUT2D eigenvalue weighted by molar-refractivity contribution is 5.85. The molecule has 116 valence electrons. The maximum atomic E-state index is 10.8. The molecular weight excluding hydrogens is 294 g/mol. The van der Waals surface area contributed by atoms with Crippen LogP contribution in [0.3, 0.4) is 0 Å². The number of nitrogen functional groups attached to an aromatic ring is 1. The van der Waals surface area contributed by atoms with E-state index in [1.54, 1.807) is 0 Å². The Hall–Kier alpha value is -3.22. The van der Waals surface area contributed by atoms with Crippen molar-refractivity contribution in [2.24, 2.45) is 0 Å². The van der Waals surface area contributed by atoms with Crippen molar-refractivity contribution in [2.75, 3.05) is 17.7 Å². The fourth-order valence-electron chi connectivity index (χ4n) is 2.46. The van der Waals surface area contributed by atoms with Crippen LogP contribution >= 0.6 is 0 Å². The van der Waals surface area contributed by atoms with Gasteiger partial charge in [0.2, 0.25) is 11.8 Å². The smallest absolute Gasteiger partial charge is 0.329 e. The molecule has 0 bridgehead atoms. The first-order chi connectivity index (χ1) is 11.1. The van der Waals surface area contributed by atoms with Gasteiger partial charge in [0.1, 0.15) is 6.20 Å². The summed E-state index contributed by atoms with van der Waals surface area (Å²) in [5.74, 6) is 0.214. The van der Waals surface area contributed by atoms with Crippen LogP contribution < -0.4 is 10.6 Å². The van der Waals surface area contributed by atoms with Gasteiger partial charge in [-0.3, -0.25) is 10.1 Å². The predicted octanol–water partition coefficient (Wildman–Crippen LogP) is 2.76. The first kappa shape index (κ1) is 14.7. The van der Waals surface area contributed by atoms with Gasteiger partial charge < -0.3 is 10.6 Å². The van der Waals surface area contributed by atoms with Crippen molar-refractivity contribution in [3.05, 3.63) is 64.3 Å². The van der Waals surface area contributed by atoms with Gasteiger partial charge in [0.25, 0.3) is 0 Å². The van der Waals surface area contributed by atoms with E-state index < -0.39 is 4.92 Å². The molecule has 7 heteroatoms. The molecule has 1 aromatic heterocycles. The lowest BCUT2D eigenvalue weighted by atomic mass is 10.0. The zero-order chi connectivity index (χ0) is 16.4. The largest absolute Gasteiger partial charge is 0.378 e. The summed E-state index contributed by atoms with van der Waals surface area (Å²) in [5, 5.41) is 13.1. The standard InChI is InChI=1S/C16H15N5O2/c1-20(16-18-9-14(21(22)23)15(17)19-16)10-12-7-4-6-11-5-2-3-8-13(11)12/h2-9H,10H2,1H3,(H2,17,18,19). The number of hydrogen-bond donors (Lipinski definition) is 1. The lowest BCUT2D eigenvalue weighted by Crippen LogP contribution is -2.20. The monoisotopic (exact) mass is 309 g/mol. The molecule has 0 atom stereocenters. The fraction of sp³-hybridized carbons (Fsp3) is 0.125. The molecular formula is C16H15N5O2. The van der Waals surface area contributed by atoms with E-state index >= 15 is 0 Å². The summed E-state index contributed by atoms with van der Waals surface area (Å²) in [4.78, 5) is 20.0. The van der Waals surface area contributed by atoms with E-state index in [9.17, 15) is 10.1 Å². The first-order valence-electron chi connectivity index (χ1n) is 7.01.